The Balaban J connectivity index is 0.00000225. The van der Waals surface area contributed by atoms with Crippen LogP contribution in [-0.4, -0.2) is 7.11 Å². The molecule has 0 bridgehead atoms. The van der Waals surface area contributed by atoms with Crippen molar-refractivity contribution in [3.63, 3.8) is 0 Å². The monoisotopic (exact) mass is 255 g/mol. The van der Waals surface area contributed by atoms with Crippen LogP contribution >= 0.6 is 12.4 Å². The van der Waals surface area contributed by atoms with Gasteiger partial charge in [0.25, 0.3) is 0 Å². The molecule has 0 radical (unpaired) electrons. The molecular weight excluding hydrogens is 243 g/mol. The van der Waals surface area contributed by atoms with Crippen molar-refractivity contribution in [2.75, 3.05) is 7.11 Å². The molecule has 2 N–H and O–H groups in total. The Kier molecular flexibility index (Phi) is 5.09. The van der Waals surface area contributed by atoms with Gasteiger partial charge in [-0.2, -0.15) is 13.2 Å². The zero-order valence-electron chi connectivity index (χ0n) is 8.84. The molecule has 0 aliphatic carbocycles. The number of hydrogen-bond acceptors (Lipinski definition) is 2. The van der Waals surface area contributed by atoms with E-state index in [-0.39, 0.29) is 18.2 Å². The molecule has 0 aliphatic rings. The second kappa shape index (κ2) is 5.41. The number of nitrogens with two attached hydrogens (primary N) is 1. The number of rotatable bonds is 2. The minimum Gasteiger partial charge on any atom is -0.497 e. The highest BCUT2D eigenvalue weighted by molar-refractivity contribution is 5.85. The maximum atomic E-state index is 12.5. The fraction of sp³-hybridized carbons (Fsp3) is 0.400. The van der Waals surface area contributed by atoms with E-state index in [1.807, 2.05) is 0 Å². The molecule has 1 atom stereocenters. The van der Waals surface area contributed by atoms with Gasteiger partial charge in [-0.25, -0.2) is 0 Å². The van der Waals surface area contributed by atoms with Gasteiger partial charge in [-0.1, -0.05) is 0 Å². The lowest BCUT2D eigenvalue weighted by Crippen LogP contribution is -2.10. The highest BCUT2D eigenvalue weighted by atomic mass is 35.5. The van der Waals surface area contributed by atoms with Crippen LogP contribution in [0.4, 0.5) is 13.2 Å². The van der Waals surface area contributed by atoms with E-state index >= 15 is 0 Å². The molecule has 0 fully saturated rings. The average molecular weight is 256 g/mol. The van der Waals surface area contributed by atoms with Gasteiger partial charge in [0, 0.05) is 6.04 Å². The molecule has 0 amide bonds. The molecule has 0 unspecified atom stereocenters. The first-order chi connectivity index (χ1) is 6.84. The van der Waals surface area contributed by atoms with Gasteiger partial charge in [0.1, 0.15) is 5.75 Å². The van der Waals surface area contributed by atoms with Crippen LogP contribution in [0.2, 0.25) is 0 Å². The van der Waals surface area contributed by atoms with Gasteiger partial charge >= 0.3 is 6.18 Å². The molecule has 0 aromatic heterocycles. The van der Waals surface area contributed by atoms with E-state index < -0.39 is 17.8 Å². The summed E-state index contributed by atoms with van der Waals surface area (Å²) in [5.74, 6) is 0.164. The quantitative estimate of drug-likeness (QED) is 0.881. The third-order valence-corrected chi connectivity index (χ3v) is 2.02. The standard InChI is InChI=1S/C10H12F3NO.ClH/c1-6(14)7-3-8(10(11,12)13)5-9(4-7)15-2;/h3-6H,14H2,1-2H3;1H/t6-;/m1./s1. The topological polar surface area (TPSA) is 35.2 Å². The van der Waals surface area contributed by atoms with Crippen molar-refractivity contribution >= 4 is 12.4 Å². The van der Waals surface area contributed by atoms with Gasteiger partial charge in [-0.3, -0.25) is 0 Å². The van der Waals surface area contributed by atoms with Gasteiger partial charge < -0.3 is 10.5 Å². The van der Waals surface area contributed by atoms with E-state index in [4.69, 9.17) is 10.5 Å². The molecule has 6 heteroatoms. The molecule has 0 aliphatic heterocycles. The number of hydrogen-bond donors (Lipinski definition) is 1. The summed E-state index contributed by atoms with van der Waals surface area (Å²) in [6, 6.07) is 3.03. The van der Waals surface area contributed by atoms with Crippen LogP contribution in [0.1, 0.15) is 24.1 Å². The number of alkyl halides is 3. The van der Waals surface area contributed by atoms with Gasteiger partial charge in [0.05, 0.1) is 12.7 Å². The third-order valence-electron chi connectivity index (χ3n) is 2.02. The minimum absolute atomic E-state index is 0. The first-order valence-corrected chi connectivity index (χ1v) is 4.36. The van der Waals surface area contributed by atoms with Gasteiger partial charge in [0.15, 0.2) is 0 Å². The Morgan fingerprint density at radius 2 is 1.81 bits per heavy atom. The van der Waals surface area contributed by atoms with Crippen molar-refractivity contribution in [1.82, 2.24) is 0 Å². The predicted octanol–water partition coefficient (Wildman–Crippen LogP) is 3.16. The van der Waals surface area contributed by atoms with Crippen LogP contribution in [-0.2, 0) is 6.18 Å². The second-order valence-corrected chi connectivity index (χ2v) is 3.28. The molecule has 92 valence electrons. The van der Waals surface area contributed by atoms with E-state index in [0.717, 1.165) is 12.1 Å². The van der Waals surface area contributed by atoms with Gasteiger partial charge in [-0.05, 0) is 30.7 Å². The first-order valence-electron chi connectivity index (χ1n) is 4.36. The normalized spacial score (nSPS) is 12.9. The molecule has 1 aromatic carbocycles. The van der Waals surface area contributed by atoms with E-state index in [2.05, 4.69) is 0 Å². The lowest BCUT2D eigenvalue weighted by atomic mass is 10.0. The lowest BCUT2D eigenvalue weighted by molar-refractivity contribution is -0.137. The molecule has 1 aromatic rings. The van der Waals surface area contributed by atoms with E-state index in [1.165, 1.54) is 13.2 Å². The molecule has 2 nitrogen and oxygen atoms in total. The summed E-state index contributed by atoms with van der Waals surface area (Å²) in [6.45, 7) is 1.62. The fourth-order valence-electron chi connectivity index (χ4n) is 1.17. The van der Waals surface area contributed by atoms with Crippen molar-refractivity contribution in [3.05, 3.63) is 29.3 Å². The first kappa shape index (κ1) is 15.1. The summed E-state index contributed by atoms with van der Waals surface area (Å²) in [5.41, 5.74) is 5.19. The number of halogens is 4. The fourth-order valence-corrected chi connectivity index (χ4v) is 1.17. The Labute approximate surface area is 98.0 Å². The maximum Gasteiger partial charge on any atom is 0.416 e. The molecular formula is C10H13ClF3NO. The number of methoxy groups -OCH3 is 1. The zero-order valence-corrected chi connectivity index (χ0v) is 9.65. The van der Waals surface area contributed by atoms with Crippen molar-refractivity contribution in [3.8, 4) is 5.75 Å². The molecule has 1 rings (SSSR count). The Bertz CT molecular complexity index is 352. The largest absolute Gasteiger partial charge is 0.497 e. The minimum atomic E-state index is -4.38. The molecule has 0 heterocycles. The van der Waals surface area contributed by atoms with Crippen LogP contribution in [0.3, 0.4) is 0 Å². The molecule has 16 heavy (non-hydrogen) atoms. The summed E-state index contributed by atoms with van der Waals surface area (Å²) in [5, 5.41) is 0. The van der Waals surface area contributed by atoms with Crippen LogP contribution in [0, 0.1) is 0 Å². The SMILES string of the molecule is COc1cc([C@@H](C)N)cc(C(F)(F)F)c1.Cl. The Morgan fingerprint density at radius 1 is 1.25 bits per heavy atom. The summed E-state index contributed by atoms with van der Waals surface area (Å²) in [7, 11) is 1.32. The van der Waals surface area contributed by atoms with E-state index in [1.54, 1.807) is 6.92 Å². The highest BCUT2D eigenvalue weighted by Gasteiger charge is 2.31. The zero-order chi connectivity index (χ0) is 11.6. The Hall–Kier alpha value is -0.940. The third kappa shape index (κ3) is 3.57. The van der Waals surface area contributed by atoms with Crippen LogP contribution in [0.25, 0.3) is 0 Å². The maximum absolute atomic E-state index is 12.5. The number of ether oxygens (including phenoxy) is 1. The van der Waals surface area contributed by atoms with Gasteiger partial charge in [-0.15, -0.1) is 12.4 Å². The van der Waals surface area contributed by atoms with Crippen molar-refractivity contribution in [1.29, 1.82) is 0 Å². The molecule has 0 saturated heterocycles. The highest BCUT2D eigenvalue weighted by Crippen LogP contribution is 2.33. The van der Waals surface area contributed by atoms with Crippen molar-refractivity contribution in [2.24, 2.45) is 5.73 Å². The summed E-state index contributed by atoms with van der Waals surface area (Å²) in [6.07, 6.45) is -4.38. The van der Waals surface area contributed by atoms with E-state index in [0.29, 0.717) is 5.56 Å². The smallest absolute Gasteiger partial charge is 0.416 e. The van der Waals surface area contributed by atoms with Crippen molar-refractivity contribution in [2.45, 2.75) is 19.1 Å². The summed E-state index contributed by atoms with van der Waals surface area (Å²) < 4.78 is 42.1. The van der Waals surface area contributed by atoms with Crippen LogP contribution in [0.5, 0.6) is 5.75 Å². The van der Waals surface area contributed by atoms with Crippen molar-refractivity contribution < 1.29 is 17.9 Å². The van der Waals surface area contributed by atoms with Crippen LogP contribution < -0.4 is 10.5 Å². The van der Waals surface area contributed by atoms with Gasteiger partial charge in [0.2, 0.25) is 0 Å². The Morgan fingerprint density at radius 3 is 2.19 bits per heavy atom. The van der Waals surface area contributed by atoms with Crippen LogP contribution in [0.15, 0.2) is 18.2 Å². The summed E-state index contributed by atoms with van der Waals surface area (Å²) in [4.78, 5) is 0. The average Bonchev–Trinajstić information content (AvgIpc) is 2.15. The van der Waals surface area contributed by atoms with E-state index in [9.17, 15) is 13.2 Å². The number of benzene rings is 1. The lowest BCUT2D eigenvalue weighted by Gasteiger charge is -2.13. The molecule has 0 saturated carbocycles. The second-order valence-electron chi connectivity index (χ2n) is 3.28. The molecule has 0 spiro atoms. The summed E-state index contributed by atoms with van der Waals surface area (Å²) >= 11 is 0. The predicted molar refractivity (Wildman–Crippen MR) is 57.8 cm³/mol.